The maximum atomic E-state index is 13.6. The molecule has 0 unspecified atom stereocenters. The molecule has 2 aromatic carbocycles. The number of amides is 2. The van der Waals surface area contributed by atoms with Crippen molar-refractivity contribution < 1.29 is 23.5 Å². The third-order valence-corrected chi connectivity index (χ3v) is 3.84. The van der Waals surface area contributed by atoms with E-state index >= 15 is 0 Å². The van der Waals surface area contributed by atoms with E-state index in [4.69, 9.17) is 9.47 Å². The molecule has 6 nitrogen and oxygen atoms in total. The summed E-state index contributed by atoms with van der Waals surface area (Å²) in [4.78, 5) is 25.0. The molecule has 0 aliphatic carbocycles. The Kier molecular flexibility index (Phi) is 5.03. The number of anilines is 1. The van der Waals surface area contributed by atoms with E-state index < -0.39 is 35.6 Å². The highest BCUT2D eigenvalue weighted by atomic mass is 19.1. The first-order valence-corrected chi connectivity index (χ1v) is 8.54. The molecule has 0 aromatic heterocycles. The average molecular weight is 372 g/mol. The zero-order valence-electron chi connectivity index (χ0n) is 15.3. The van der Waals surface area contributed by atoms with E-state index in [1.54, 1.807) is 45.0 Å². The van der Waals surface area contributed by atoms with Crippen molar-refractivity contribution in [2.45, 2.75) is 38.5 Å². The largest absolute Gasteiger partial charge is 0.481 e. The van der Waals surface area contributed by atoms with E-state index in [9.17, 15) is 14.0 Å². The Balaban J connectivity index is 1.96. The van der Waals surface area contributed by atoms with Crippen molar-refractivity contribution in [1.82, 2.24) is 5.32 Å². The maximum Gasteiger partial charge on any atom is 0.408 e. The van der Waals surface area contributed by atoms with Crippen LogP contribution in [0.4, 0.5) is 14.9 Å². The monoisotopic (exact) mass is 372 g/mol. The van der Waals surface area contributed by atoms with Gasteiger partial charge in [-0.1, -0.05) is 30.3 Å². The molecule has 0 saturated heterocycles. The maximum absolute atomic E-state index is 13.6. The van der Waals surface area contributed by atoms with E-state index in [1.165, 1.54) is 18.2 Å². The van der Waals surface area contributed by atoms with Crippen LogP contribution >= 0.6 is 0 Å². The highest BCUT2D eigenvalue weighted by Crippen LogP contribution is 2.35. The molecular weight excluding hydrogens is 351 g/mol. The molecule has 1 heterocycles. The van der Waals surface area contributed by atoms with Gasteiger partial charge < -0.3 is 20.1 Å². The first-order valence-electron chi connectivity index (χ1n) is 8.54. The lowest BCUT2D eigenvalue weighted by Gasteiger charge is -2.27. The van der Waals surface area contributed by atoms with E-state index in [2.05, 4.69) is 10.6 Å². The lowest BCUT2D eigenvalue weighted by molar-refractivity contribution is -0.120. The number of fused-ring (bicyclic) bond motifs is 1. The molecule has 0 bridgehead atoms. The van der Waals surface area contributed by atoms with Crippen LogP contribution in [0, 0.1) is 5.82 Å². The van der Waals surface area contributed by atoms with Gasteiger partial charge in [0.15, 0.2) is 12.1 Å². The fourth-order valence-electron chi connectivity index (χ4n) is 2.73. The van der Waals surface area contributed by atoms with E-state index in [1.807, 2.05) is 6.07 Å². The van der Waals surface area contributed by atoms with Crippen LogP contribution in [0.25, 0.3) is 0 Å². The van der Waals surface area contributed by atoms with Crippen molar-refractivity contribution >= 4 is 17.7 Å². The van der Waals surface area contributed by atoms with Crippen molar-refractivity contribution in [3.05, 3.63) is 59.9 Å². The molecule has 1 aliphatic heterocycles. The van der Waals surface area contributed by atoms with Crippen molar-refractivity contribution in [2.75, 3.05) is 5.32 Å². The lowest BCUT2D eigenvalue weighted by atomic mass is 10.0. The van der Waals surface area contributed by atoms with Gasteiger partial charge in [0.2, 0.25) is 0 Å². The second-order valence-electron chi connectivity index (χ2n) is 7.20. The summed E-state index contributed by atoms with van der Waals surface area (Å²) in [5, 5.41) is 5.18. The molecule has 2 atom stereocenters. The molecular formula is C20H21FN2O4. The van der Waals surface area contributed by atoms with Crippen molar-refractivity contribution in [1.29, 1.82) is 0 Å². The van der Waals surface area contributed by atoms with Crippen LogP contribution in [0.1, 0.15) is 32.4 Å². The molecule has 27 heavy (non-hydrogen) atoms. The highest BCUT2D eigenvalue weighted by molar-refractivity contribution is 5.99. The minimum Gasteiger partial charge on any atom is -0.481 e. The lowest BCUT2D eigenvalue weighted by Crippen LogP contribution is -2.49. The molecule has 3 rings (SSSR count). The number of halogens is 1. The van der Waals surface area contributed by atoms with Gasteiger partial charge in [-0.3, -0.25) is 4.79 Å². The summed E-state index contributed by atoms with van der Waals surface area (Å²) in [7, 11) is 0. The second kappa shape index (κ2) is 7.26. The molecule has 0 fully saturated rings. The minimum absolute atomic E-state index is 0.203. The SMILES string of the molecule is CC(C)(C)OC(=O)N[C@@H]1C(=O)Nc2cc(F)ccc2O[C@@H]1c1ccccc1. The van der Waals surface area contributed by atoms with Gasteiger partial charge in [-0.15, -0.1) is 0 Å². The number of benzene rings is 2. The van der Waals surface area contributed by atoms with Crippen LogP contribution in [0.15, 0.2) is 48.5 Å². The molecule has 0 saturated carbocycles. The Labute approximate surface area is 156 Å². The van der Waals surface area contributed by atoms with Gasteiger partial charge in [0.25, 0.3) is 5.91 Å². The summed E-state index contributed by atoms with van der Waals surface area (Å²) in [6.45, 7) is 5.18. The fraction of sp³-hybridized carbons (Fsp3) is 0.300. The number of ether oxygens (including phenoxy) is 2. The molecule has 142 valence electrons. The summed E-state index contributed by atoms with van der Waals surface area (Å²) in [6, 6.07) is 11.8. The number of rotatable bonds is 2. The first-order chi connectivity index (χ1) is 12.7. The standard InChI is InChI=1S/C20H21FN2O4/c1-20(2,3)27-19(25)23-16-17(12-7-5-4-6-8-12)26-15-10-9-13(21)11-14(15)22-18(16)24/h4-11,16-17H,1-3H3,(H,22,24)(H,23,25)/t16-,17+/m0/s1. The average Bonchev–Trinajstić information content (AvgIpc) is 2.71. The van der Waals surface area contributed by atoms with Gasteiger partial charge in [0.1, 0.15) is 17.2 Å². The molecule has 7 heteroatoms. The highest BCUT2D eigenvalue weighted by Gasteiger charge is 2.37. The summed E-state index contributed by atoms with van der Waals surface area (Å²) in [5.74, 6) is -0.724. The predicted molar refractivity (Wildman–Crippen MR) is 98.0 cm³/mol. The molecule has 2 amide bonds. The van der Waals surface area contributed by atoms with Gasteiger partial charge in [0, 0.05) is 6.07 Å². The third kappa shape index (κ3) is 4.55. The third-order valence-electron chi connectivity index (χ3n) is 3.84. The summed E-state index contributed by atoms with van der Waals surface area (Å²) < 4.78 is 24.8. The zero-order valence-corrected chi connectivity index (χ0v) is 15.3. The molecule has 0 spiro atoms. The number of carbonyl (C=O) groups excluding carboxylic acids is 2. The Hall–Kier alpha value is -3.09. The number of carbonyl (C=O) groups is 2. The fourth-order valence-corrected chi connectivity index (χ4v) is 2.73. The molecule has 0 radical (unpaired) electrons. The van der Waals surface area contributed by atoms with Gasteiger partial charge in [-0.2, -0.15) is 0 Å². The predicted octanol–water partition coefficient (Wildman–Crippen LogP) is 3.79. The van der Waals surface area contributed by atoms with Crippen LogP contribution < -0.4 is 15.4 Å². The van der Waals surface area contributed by atoms with Gasteiger partial charge >= 0.3 is 6.09 Å². The van der Waals surface area contributed by atoms with E-state index in [0.29, 0.717) is 11.3 Å². The van der Waals surface area contributed by atoms with Gasteiger partial charge in [-0.05, 0) is 38.5 Å². The van der Waals surface area contributed by atoms with Crippen molar-refractivity contribution in [2.24, 2.45) is 0 Å². The van der Waals surface area contributed by atoms with Gasteiger partial charge in [0.05, 0.1) is 5.69 Å². The molecule has 2 aromatic rings. The smallest absolute Gasteiger partial charge is 0.408 e. The molecule has 2 N–H and O–H groups in total. The summed E-state index contributed by atoms with van der Waals surface area (Å²) in [5.41, 5.74) is 0.167. The Bertz CT molecular complexity index is 849. The number of hydrogen-bond acceptors (Lipinski definition) is 4. The Morgan fingerprint density at radius 3 is 2.56 bits per heavy atom. The summed E-state index contributed by atoms with van der Waals surface area (Å²) >= 11 is 0. The van der Waals surface area contributed by atoms with Crippen LogP contribution in [0.5, 0.6) is 5.75 Å². The van der Waals surface area contributed by atoms with Crippen LogP contribution in [0.3, 0.4) is 0 Å². The Morgan fingerprint density at radius 2 is 1.89 bits per heavy atom. The topological polar surface area (TPSA) is 76.7 Å². The number of alkyl carbamates (subject to hydrolysis) is 1. The quantitative estimate of drug-likeness (QED) is 0.841. The normalized spacial score (nSPS) is 19.2. The minimum atomic E-state index is -1.07. The van der Waals surface area contributed by atoms with Gasteiger partial charge in [-0.25, -0.2) is 9.18 Å². The van der Waals surface area contributed by atoms with Crippen molar-refractivity contribution in [3.8, 4) is 5.75 Å². The zero-order chi connectivity index (χ0) is 19.6. The van der Waals surface area contributed by atoms with Crippen molar-refractivity contribution in [3.63, 3.8) is 0 Å². The molecule has 1 aliphatic rings. The first kappa shape index (κ1) is 18.7. The number of nitrogens with one attached hydrogen (secondary N) is 2. The Morgan fingerprint density at radius 1 is 1.19 bits per heavy atom. The van der Waals surface area contributed by atoms with Crippen LogP contribution in [-0.2, 0) is 9.53 Å². The van der Waals surface area contributed by atoms with E-state index in [-0.39, 0.29) is 5.69 Å². The van der Waals surface area contributed by atoms with Crippen LogP contribution in [0.2, 0.25) is 0 Å². The summed E-state index contributed by atoms with van der Waals surface area (Å²) in [6.07, 6.45) is -1.56. The van der Waals surface area contributed by atoms with E-state index in [0.717, 1.165) is 0 Å². The second-order valence-corrected chi connectivity index (χ2v) is 7.20. The van der Waals surface area contributed by atoms with Crippen LogP contribution in [-0.4, -0.2) is 23.6 Å². The number of hydrogen-bond donors (Lipinski definition) is 2.